The highest BCUT2D eigenvalue weighted by Crippen LogP contribution is 2.38. The predicted octanol–water partition coefficient (Wildman–Crippen LogP) is 3.61. The fourth-order valence-electron chi connectivity index (χ4n) is 3.54. The van der Waals surface area contributed by atoms with Crippen LogP contribution in [0.1, 0.15) is 40.4 Å². The molecule has 4 nitrogen and oxygen atoms in total. The zero-order chi connectivity index (χ0) is 16.7. The van der Waals surface area contributed by atoms with E-state index in [1.165, 1.54) is 18.5 Å². The molecular weight excluding hydrogens is 300 g/mol. The van der Waals surface area contributed by atoms with Crippen LogP contribution in [0.3, 0.4) is 0 Å². The number of esters is 1. The van der Waals surface area contributed by atoms with E-state index < -0.39 is 0 Å². The summed E-state index contributed by atoms with van der Waals surface area (Å²) in [5.74, 6) is -0.234. The number of carbonyl (C=O) groups excluding carboxylic acids is 1. The molecule has 2 aliphatic rings. The SMILES string of the molecule is CN(C)c1ccc2c(c1)C(=O)OC2c1ccc(N2CCCC2)cc1. The molecule has 0 aromatic heterocycles. The molecule has 24 heavy (non-hydrogen) atoms. The number of carbonyl (C=O) groups is 1. The highest BCUT2D eigenvalue weighted by molar-refractivity contribution is 5.95. The summed E-state index contributed by atoms with van der Waals surface area (Å²) >= 11 is 0. The standard InChI is InChI=1S/C20H22N2O2/c1-21(2)16-9-10-17-18(13-16)20(23)24-19(17)14-5-7-15(8-6-14)22-11-3-4-12-22/h5-10,13,19H,3-4,11-12H2,1-2H3. The van der Waals surface area contributed by atoms with Crippen LogP contribution in [0.4, 0.5) is 11.4 Å². The first kappa shape index (κ1) is 15.1. The second-order valence-electron chi connectivity index (χ2n) is 6.74. The molecule has 0 amide bonds. The molecule has 0 radical (unpaired) electrons. The molecule has 4 rings (SSSR count). The summed E-state index contributed by atoms with van der Waals surface area (Å²) < 4.78 is 5.65. The Hall–Kier alpha value is -2.49. The molecule has 0 N–H and O–H groups in total. The van der Waals surface area contributed by atoms with Crippen molar-refractivity contribution in [2.75, 3.05) is 37.0 Å². The van der Waals surface area contributed by atoms with Crippen LogP contribution in [0.15, 0.2) is 42.5 Å². The Morgan fingerprint density at radius 3 is 2.42 bits per heavy atom. The average Bonchev–Trinajstić information content (AvgIpc) is 3.23. The Balaban J connectivity index is 1.63. The van der Waals surface area contributed by atoms with Crippen LogP contribution in [0, 0.1) is 0 Å². The zero-order valence-electron chi connectivity index (χ0n) is 14.2. The fraction of sp³-hybridized carbons (Fsp3) is 0.350. The van der Waals surface area contributed by atoms with Crippen LogP contribution in [0.2, 0.25) is 0 Å². The van der Waals surface area contributed by atoms with Gasteiger partial charge in [-0.3, -0.25) is 0 Å². The second kappa shape index (κ2) is 5.86. The lowest BCUT2D eigenvalue weighted by atomic mass is 9.98. The molecule has 0 bridgehead atoms. The summed E-state index contributed by atoms with van der Waals surface area (Å²) in [4.78, 5) is 16.6. The van der Waals surface area contributed by atoms with Gasteiger partial charge in [-0.15, -0.1) is 0 Å². The van der Waals surface area contributed by atoms with Crippen LogP contribution in [-0.4, -0.2) is 33.2 Å². The van der Waals surface area contributed by atoms with E-state index in [0.29, 0.717) is 5.56 Å². The quantitative estimate of drug-likeness (QED) is 0.808. The van der Waals surface area contributed by atoms with Gasteiger partial charge in [0.05, 0.1) is 5.56 Å². The van der Waals surface area contributed by atoms with E-state index in [-0.39, 0.29) is 12.1 Å². The summed E-state index contributed by atoms with van der Waals surface area (Å²) in [7, 11) is 3.94. The molecule has 1 unspecified atom stereocenters. The molecule has 0 saturated carbocycles. The average molecular weight is 322 g/mol. The first-order chi connectivity index (χ1) is 11.6. The van der Waals surface area contributed by atoms with Gasteiger partial charge in [0, 0.05) is 44.1 Å². The van der Waals surface area contributed by atoms with Gasteiger partial charge in [-0.25, -0.2) is 4.79 Å². The van der Waals surface area contributed by atoms with Crippen LogP contribution in [-0.2, 0) is 4.74 Å². The van der Waals surface area contributed by atoms with E-state index in [9.17, 15) is 4.79 Å². The Labute approximate surface area is 142 Å². The van der Waals surface area contributed by atoms with E-state index >= 15 is 0 Å². The number of fused-ring (bicyclic) bond motifs is 1. The number of cyclic esters (lactones) is 1. The van der Waals surface area contributed by atoms with Gasteiger partial charge in [0.25, 0.3) is 0 Å². The highest BCUT2D eigenvalue weighted by Gasteiger charge is 2.32. The molecule has 2 aliphatic heterocycles. The molecule has 124 valence electrons. The van der Waals surface area contributed by atoms with Gasteiger partial charge in [-0.05, 0) is 42.7 Å². The minimum absolute atomic E-state index is 0.234. The number of rotatable bonds is 3. The molecule has 1 atom stereocenters. The number of benzene rings is 2. The second-order valence-corrected chi connectivity index (χ2v) is 6.74. The topological polar surface area (TPSA) is 32.8 Å². The number of ether oxygens (including phenoxy) is 1. The fourth-order valence-corrected chi connectivity index (χ4v) is 3.54. The first-order valence-corrected chi connectivity index (χ1v) is 8.50. The molecule has 1 saturated heterocycles. The van der Waals surface area contributed by atoms with Crippen LogP contribution >= 0.6 is 0 Å². The maximum absolute atomic E-state index is 12.3. The Morgan fingerprint density at radius 1 is 1.04 bits per heavy atom. The van der Waals surface area contributed by atoms with Crippen LogP contribution < -0.4 is 9.80 Å². The molecule has 0 aliphatic carbocycles. The van der Waals surface area contributed by atoms with Crippen LogP contribution in [0.5, 0.6) is 0 Å². The van der Waals surface area contributed by atoms with Gasteiger partial charge in [-0.2, -0.15) is 0 Å². The minimum Gasteiger partial charge on any atom is -0.449 e. The Morgan fingerprint density at radius 2 is 1.75 bits per heavy atom. The van der Waals surface area contributed by atoms with Gasteiger partial charge in [0.2, 0.25) is 0 Å². The van der Waals surface area contributed by atoms with E-state index in [1.807, 2.05) is 37.2 Å². The zero-order valence-corrected chi connectivity index (χ0v) is 14.2. The summed E-state index contributed by atoms with van der Waals surface area (Å²) in [6, 6.07) is 14.4. The van der Waals surface area contributed by atoms with Crippen molar-refractivity contribution in [1.82, 2.24) is 0 Å². The number of nitrogens with zero attached hydrogens (tertiary/aromatic N) is 2. The highest BCUT2D eigenvalue weighted by atomic mass is 16.5. The summed E-state index contributed by atoms with van der Waals surface area (Å²) in [5.41, 5.74) is 4.93. The normalized spacial score (nSPS) is 19.3. The third-order valence-electron chi connectivity index (χ3n) is 4.95. The smallest absolute Gasteiger partial charge is 0.339 e. The molecule has 2 heterocycles. The lowest BCUT2D eigenvalue weighted by Gasteiger charge is -2.19. The van der Waals surface area contributed by atoms with Crippen LogP contribution in [0.25, 0.3) is 0 Å². The first-order valence-electron chi connectivity index (χ1n) is 8.50. The van der Waals surface area contributed by atoms with Gasteiger partial charge >= 0.3 is 5.97 Å². The third-order valence-corrected chi connectivity index (χ3v) is 4.95. The number of anilines is 2. The number of hydrogen-bond acceptors (Lipinski definition) is 4. The molecular formula is C20H22N2O2. The maximum atomic E-state index is 12.3. The summed E-state index contributed by atoms with van der Waals surface area (Å²) in [6.07, 6.45) is 2.24. The Bertz CT molecular complexity index is 762. The van der Waals surface area contributed by atoms with Crippen molar-refractivity contribution in [2.24, 2.45) is 0 Å². The van der Waals surface area contributed by atoms with Gasteiger partial charge in [0.15, 0.2) is 6.10 Å². The van der Waals surface area contributed by atoms with Crippen molar-refractivity contribution < 1.29 is 9.53 Å². The van der Waals surface area contributed by atoms with Gasteiger partial charge in [-0.1, -0.05) is 18.2 Å². The molecule has 2 aromatic carbocycles. The molecule has 0 spiro atoms. The summed E-state index contributed by atoms with van der Waals surface area (Å²) in [6.45, 7) is 2.27. The number of hydrogen-bond donors (Lipinski definition) is 0. The van der Waals surface area contributed by atoms with E-state index in [1.54, 1.807) is 0 Å². The molecule has 4 heteroatoms. The Kier molecular flexibility index (Phi) is 3.68. The van der Waals surface area contributed by atoms with Crippen molar-refractivity contribution in [3.63, 3.8) is 0 Å². The van der Waals surface area contributed by atoms with Crippen molar-refractivity contribution in [1.29, 1.82) is 0 Å². The van der Waals surface area contributed by atoms with Crippen molar-refractivity contribution >= 4 is 17.3 Å². The van der Waals surface area contributed by atoms with E-state index in [0.717, 1.165) is 29.9 Å². The van der Waals surface area contributed by atoms with E-state index in [4.69, 9.17) is 4.74 Å². The van der Waals surface area contributed by atoms with Crippen molar-refractivity contribution in [2.45, 2.75) is 18.9 Å². The van der Waals surface area contributed by atoms with Gasteiger partial charge < -0.3 is 14.5 Å². The van der Waals surface area contributed by atoms with E-state index in [2.05, 4.69) is 29.2 Å². The minimum atomic E-state index is -0.295. The largest absolute Gasteiger partial charge is 0.449 e. The van der Waals surface area contributed by atoms with Gasteiger partial charge in [0.1, 0.15) is 0 Å². The maximum Gasteiger partial charge on any atom is 0.339 e. The lowest BCUT2D eigenvalue weighted by Crippen LogP contribution is -2.17. The van der Waals surface area contributed by atoms with Crippen molar-refractivity contribution in [3.05, 3.63) is 59.2 Å². The predicted molar refractivity (Wildman–Crippen MR) is 95.9 cm³/mol. The summed E-state index contributed by atoms with van der Waals surface area (Å²) in [5, 5.41) is 0. The molecule has 1 fully saturated rings. The van der Waals surface area contributed by atoms with Crippen molar-refractivity contribution in [3.8, 4) is 0 Å². The molecule has 2 aromatic rings. The lowest BCUT2D eigenvalue weighted by molar-refractivity contribution is 0.0456. The third kappa shape index (κ3) is 2.52. The monoisotopic (exact) mass is 322 g/mol.